The summed E-state index contributed by atoms with van der Waals surface area (Å²) in [4.78, 5) is 6.33. The van der Waals surface area contributed by atoms with Crippen LogP contribution in [-0.2, 0) is 0 Å². The largest absolute Gasteiger partial charge is 0.396 e. The van der Waals surface area contributed by atoms with Crippen molar-refractivity contribution in [3.8, 4) is 0 Å². The fraction of sp³-hybridized carbons (Fsp3) is 0.500. The molecule has 4 nitrogen and oxygen atoms in total. The van der Waals surface area contributed by atoms with E-state index in [2.05, 4.69) is 15.2 Å². The molecule has 0 aliphatic heterocycles. The lowest BCUT2D eigenvalue weighted by atomic mass is 10.3. The Labute approximate surface area is 85.1 Å². The summed E-state index contributed by atoms with van der Waals surface area (Å²) in [7, 11) is 4.07. The molecule has 0 atom stereocenters. The van der Waals surface area contributed by atoms with Gasteiger partial charge in [-0.25, -0.2) is 4.98 Å². The van der Waals surface area contributed by atoms with E-state index in [9.17, 15) is 0 Å². The number of anilines is 2. The van der Waals surface area contributed by atoms with Crippen LogP contribution >= 0.6 is 0 Å². The van der Waals surface area contributed by atoms with Gasteiger partial charge in [-0.3, -0.25) is 0 Å². The summed E-state index contributed by atoms with van der Waals surface area (Å²) in [6.45, 7) is 3.80. The van der Waals surface area contributed by atoms with Gasteiger partial charge in [0, 0.05) is 19.3 Å². The minimum absolute atomic E-state index is 0.712. The third-order valence-electron chi connectivity index (χ3n) is 1.91. The van der Waals surface area contributed by atoms with Gasteiger partial charge in [0.15, 0.2) is 0 Å². The number of nitrogens with one attached hydrogen (secondary N) is 1. The third kappa shape index (κ3) is 3.22. The molecule has 0 aromatic carbocycles. The molecule has 0 fully saturated rings. The average molecular weight is 194 g/mol. The fourth-order valence-electron chi connectivity index (χ4n) is 1.14. The Kier molecular flexibility index (Phi) is 3.71. The Morgan fingerprint density at radius 1 is 1.50 bits per heavy atom. The lowest BCUT2D eigenvalue weighted by molar-refractivity contribution is 0.425. The quantitative estimate of drug-likeness (QED) is 0.749. The Morgan fingerprint density at radius 2 is 2.21 bits per heavy atom. The Bertz CT molecular complexity index is 296. The number of rotatable bonds is 4. The van der Waals surface area contributed by atoms with Crippen LogP contribution in [0.1, 0.15) is 5.56 Å². The van der Waals surface area contributed by atoms with Gasteiger partial charge in [0.25, 0.3) is 0 Å². The SMILES string of the molecule is Cc1cnc(NCCN(C)C)c(N)c1. The highest BCUT2D eigenvalue weighted by molar-refractivity contribution is 5.61. The van der Waals surface area contributed by atoms with Crippen LogP contribution < -0.4 is 11.1 Å². The van der Waals surface area contributed by atoms with Crippen molar-refractivity contribution in [1.29, 1.82) is 0 Å². The molecule has 1 aromatic heterocycles. The highest BCUT2D eigenvalue weighted by Crippen LogP contribution is 2.14. The maximum atomic E-state index is 5.80. The van der Waals surface area contributed by atoms with Gasteiger partial charge >= 0.3 is 0 Å². The summed E-state index contributed by atoms with van der Waals surface area (Å²) >= 11 is 0. The normalized spacial score (nSPS) is 10.6. The van der Waals surface area contributed by atoms with E-state index in [0.29, 0.717) is 5.69 Å². The van der Waals surface area contributed by atoms with Crippen molar-refractivity contribution in [3.63, 3.8) is 0 Å². The smallest absolute Gasteiger partial charge is 0.149 e. The summed E-state index contributed by atoms with van der Waals surface area (Å²) < 4.78 is 0. The van der Waals surface area contributed by atoms with Gasteiger partial charge < -0.3 is 16.0 Å². The van der Waals surface area contributed by atoms with Crippen LogP contribution in [0.5, 0.6) is 0 Å². The van der Waals surface area contributed by atoms with Crippen LogP contribution in [-0.4, -0.2) is 37.1 Å². The molecule has 3 N–H and O–H groups in total. The fourth-order valence-corrected chi connectivity index (χ4v) is 1.14. The summed E-state index contributed by atoms with van der Waals surface area (Å²) in [5.41, 5.74) is 7.60. The molecule has 0 radical (unpaired) electrons. The van der Waals surface area contributed by atoms with Gasteiger partial charge in [-0.2, -0.15) is 0 Å². The first-order valence-corrected chi connectivity index (χ1v) is 4.70. The predicted molar refractivity (Wildman–Crippen MR) is 60.4 cm³/mol. The molecule has 0 aliphatic rings. The van der Waals surface area contributed by atoms with Crippen LogP contribution in [0.15, 0.2) is 12.3 Å². The van der Waals surface area contributed by atoms with E-state index in [-0.39, 0.29) is 0 Å². The van der Waals surface area contributed by atoms with Crippen molar-refractivity contribution in [2.24, 2.45) is 0 Å². The second kappa shape index (κ2) is 4.81. The third-order valence-corrected chi connectivity index (χ3v) is 1.91. The van der Waals surface area contributed by atoms with E-state index in [0.717, 1.165) is 24.5 Å². The van der Waals surface area contributed by atoms with Crippen molar-refractivity contribution in [2.75, 3.05) is 38.2 Å². The molecule has 1 heterocycles. The van der Waals surface area contributed by atoms with Crippen molar-refractivity contribution < 1.29 is 0 Å². The molecule has 0 amide bonds. The molecule has 0 saturated carbocycles. The van der Waals surface area contributed by atoms with Gasteiger partial charge in [0.05, 0.1) is 5.69 Å². The van der Waals surface area contributed by atoms with E-state index in [1.54, 1.807) is 0 Å². The summed E-state index contributed by atoms with van der Waals surface area (Å²) in [6.07, 6.45) is 1.81. The number of hydrogen-bond donors (Lipinski definition) is 2. The number of aryl methyl sites for hydroxylation is 1. The lowest BCUT2D eigenvalue weighted by Gasteiger charge is -2.12. The molecule has 1 rings (SSSR count). The first-order valence-electron chi connectivity index (χ1n) is 4.70. The molecule has 0 aliphatic carbocycles. The van der Waals surface area contributed by atoms with Crippen LogP contribution in [0.2, 0.25) is 0 Å². The lowest BCUT2D eigenvalue weighted by Crippen LogP contribution is -2.21. The van der Waals surface area contributed by atoms with Gasteiger partial charge in [0.2, 0.25) is 0 Å². The topological polar surface area (TPSA) is 54.2 Å². The molecule has 0 saturated heterocycles. The zero-order valence-corrected chi connectivity index (χ0v) is 9.04. The van der Waals surface area contributed by atoms with Crippen LogP contribution in [0.4, 0.5) is 11.5 Å². The van der Waals surface area contributed by atoms with Gasteiger partial charge in [-0.15, -0.1) is 0 Å². The molecule has 1 aromatic rings. The number of aromatic nitrogens is 1. The van der Waals surface area contributed by atoms with Crippen LogP contribution in [0.3, 0.4) is 0 Å². The first kappa shape index (κ1) is 10.8. The minimum atomic E-state index is 0.712. The second-order valence-electron chi connectivity index (χ2n) is 3.68. The predicted octanol–water partition coefficient (Wildman–Crippen LogP) is 0.946. The number of likely N-dealkylation sites (N-methyl/N-ethyl adjacent to an activating group) is 1. The standard InChI is InChI=1S/C10H18N4/c1-8-6-9(11)10(13-7-8)12-4-5-14(2)3/h6-7H,4-5,11H2,1-3H3,(H,12,13). The zero-order valence-electron chi connectivity index (χ0n) is 9.04. The Hall–Kier alpha value is -1.29. The maximum Gasteiger partial charge on any atom is 0.149 e. The number of nitrogens with zero attached hydrogens (tertiary/aromatic N) is 2. The number of hydrogen-bond acceptors (Lipinski definition) is 4. The highest BCUT2D eigenvalue weighted by atomic mass is 15.1. The summed E-state index contributed by atoms with van der Waals surface area (Å²) in [6, 6.07) is 1.92. The molecule has 4 heteroatoms. The van der Waals surface area contributed by atoms with Crippen LogP contribution in [0, 0.1) is 6.92 Å². The summed E-state index contributed by atoms with van der Waals surface area (Å²) in [5, 5.41) is 3.19. The molecule has 0 bridgehead atoms. The number of pyridine rings is 1. The van der Waals surface area contributed by atoms with Crippen molar-refractivity contribution in [1.82, 2.24) is 9.88 Å². The van der Waals surface area contributed by atoms with E-state index < -0.39 is 0 Å². The van der Waals surface area contributed by atoms with E-state index >= 15 is 0 Å². The monoisotopic (exact) mass is 194 g/mol. The first-order chi connectivity index (χ1) is 6.59. The Morgan fingerprint density at radius 3 is 2.79 bits per heavy atom. The number of nitrogen functional groups attached to an aromatic ring is 1. The second-order valence-corrected chi connectivity index (χ2v) is 3.68. The molecular formula is C10H18N4. The van der Waals surface area contributed by atoms with E-state index in [1.165, 1.54) is 0 Å². The van der Waals surface area contributed by atoms with Crippen molar-refractivity contribution >= 4 is 11.5 Å². The van der Waals surface area contributed by atoms with E-state index in [1.807, 2.05) is 33.3 Å². The summed E-state index contributed by atoms with van der Waals surface area (Å²) in [5.74, 6) is 0.775. The van der Waals surface area contributed by atoms with E-state index in [4.69, 9.17) is 5.73 Å². The highest BCUT2D eigenvalue weighted by Gasteiger charge is 1.99. The minimum Gasteiger partial charge on any atom is -0.396 e. The van der Waals surface area contributed by atoms with Crippen LogP contribution in [0.25, 0.3) is 0 Å². The van der Waals surface area contributed by atoms with Gasteiger partial charge in [-0.05, 0) is 32.6 Å². The van der Waals surface area contributed by atoms with Crippen molar-refractivity contribution in [3.05, 3.63) is 17.8 Å². The molecule has 14 heavy (non-hydrogen) atoms. The maximum absolute atomic E-state index is 5.80. The molecule has 0 spiro atoms. The van der Waals surface area contributed by atoms with Gasteiger partial charge in [0.1, 0.15) is 5.82 Å². The Balaban J connectivity index is 2.51. The molecule has 78 valence electrons. The van der Waals surface area contributed by atoms with Gasteiger partial charge in [-0.1, -0.05) is 0 Å². The molecular weight excluding hydrogens is 176 g/mol. The average Bonchev–Trinajstić information content (AvgIpc) is 2.08. The molecule has 0 unspecified atom stereocenters. The van der Waals surface area contributed by atoms with Crippen molar-refractivity contribution in [2.45, 2.75) is 6.92 Å². The zero-order chi connectivity index (χ0) is 10.6. The number of nitrogens with two attached hydrogens (primary N) is 1.